The summed E-state index contributed by atoms with van der Waals surface area (Å²) in [5.41, 5.74) is 1.84. The van der Waals surface area contributed by atoms with Gasteiger partial charge in [-0.25, -0.2) is 14.8 Å². The Bertz CT molecular complexity index is 1050. The molecule has 0 amide bonds. The molecule has 6 nitrogen and oxygen atoms in total. The Morgan fingerprint density at radius 3 is 2.33 bits per heavy atom. The van der Waals surface area contributed by atoms with Crippen LogP contribution in [0.1, 0.15) is 22.1 Å². The van der Waals surface area contributed by atoms with E-state index in [1.165, 1.54) is 0 Å². The molecule has 2 aromatic heterocycles. The third kappa shape index (κ3) is 3.64. The number of ether oxygens (including phenoxy) is 1. The van der Waals surface area contributed by atoms with Crippen molar-refractivity contribution in [2.45, 2.75) is 13.5 Å². The molecule has 0 bridgehead atoms. The van der Waals surface area contributed by atoms with Gasteiger partial charge in [-0.3, -0.25) is 0 Å². The van der Waals surface area contributed by atoms with Gasteiger partial charge in [-0.05, 0) is 19.1 Å². The zero-order valence-electron chi connectivity index (χ0n) is 14.6. The number of hydrogen-bond donors (Lipinski definition) is 0. The molecular weight excluding hydrogens is 344 g/mol. The number of aromatic nitrogens is 2. The van der Waals surface area contributed by atoms with Gasteiger partial charge in [-0.1, -0.05) is 48.5 Å². The minimum Gasteiger partial charge on any atom is -0.451 e. The summed E-state index contributed by atoms with van der Waals surface area (Å²) in [6.07, 6.45) is 1.60. The highest BCUT2D eigenvalue weighted by molar-refractivity contribution is 5.88. The highest BCUT2D eigenvalue weighted by Gasteiger charge is 2.20. The molecule has 2 aromatic carbocycles. The zero-order valence-corrected chi connectivity index (χ0v) is 14.6. The molecule has 4 rings (SSSR count). The van der Waals surface area contributed by atoms with E-state index < -0.39 is 5.97 Å². The number of hydrogen-bond acceptors (Lipinski definition) is 6. The predicted molar refractivity (Wildman–Crippen MR) is 97.7 cm³/mol. The quantitative estimate of drug-likeness (QED) is 0.482. The number of esters is 1. The maximum Gasteiger partial charge on any atom is 0.361 e. The van der Waals surface area contributed by atoms with E-state index in [1.807, 2.05) is 60.7 Å². The number of oxazole rings is 2. The Morgan fingerprint density at radius 1 is 0.963 bits per heavy atom. The highest BCUT2D eigenvalue weighted by Crippen LogP contribution is 2.23. The molecule has 4 aromatic rings. The van der Waals surface area contributed by atoms with Crippen molar-refractivity contribution >= 4 is 5.97 Å². The standard InChI is InChI=1S/C21H16N2O4/c1-14-19(23-20(26-14)16-10-6-3-7-11-16)21(24)25-13-18-22-12-17(27-18)15-8-4-2-5-9-15/h2-12H,13H2,1H3. The molecule has 0 N–H and O–H groups in total. The minimum atomic E-state index is -0.585. The van der Waals surface area contributed by atoms with Crippen molar-refractivity contribution in [2.24, 2.45) is 0 Å². The van der Waals surface area contributed by atoms with Gasteiger partial charge >= 0.3 is 5.97 Å². The number of aryl methyl sites for hydroxylation is 1. The van der Waals surface area contributed by atoms with Crippen molar-refractivity contribution in [1.82, 2.24) is 9.97 Å². The molecule has 0 atom stereocenters. The van der Waals surface area contributed by atoms with Crippen LogP contribution in [0.5, 0.6) is 0 Å². The van der Waals surface area contributed by atoms with Crippen LogP contribution in [-0.2, 0) is 11.3 Å². The molecule has 27 heavy (non-hydrogen) atoms. The van der Waals surface area contributed by atoms with Gasteiger partial charge in [0.1, 0.15) is 5.76 Å². The topological polar surface area (TPSA) is 78.4 Å². The molecule has 0 saturated heterocycles. The largest absolute Gasteiger partial charge is 0.451 e. The summed E-state index contributed by atoms with van der Waals surface area (Å²) in [6, 6.07) is 18.9. The second-order valence-corrected chi connectivity index (χ2v) is 5.85. The first kappa shape index (κ1) is 16.8. The first-order valence-corrected chi connectivity index (χ1v) is 8.41. The summed E-state index contributed by atoms with van der Waals surface area (Å²) in [7, 11) is 0. The van der Waals surface area contributed by atoms with Crippen LogP contribution in [0.3, 0.4) is 0 Å². The molecule has 6 heteroatoms. The lowest BCUT2D eigenvalue weighted by Gasteiger charge is -2.00. The summed E-state index contributed by atoms with van der Waals surface area (Å²) in [5.74, 6) is 1.12. The zero-order chi connectivity index (χ0) is 18.6. The molecule has 2 heterocycles. The van der Waals surface area contributed by atoms with Gasteiger partial charge in [-0.2, -0.15) is 0 Å². The molecule has 0 unspecified atom stereocenters. The van der Waals surface area contributed by atoms with E-state index in [0.29, 0.717) is 23.3 Å². The van der Waals surface area contributed by atoms with Crippen LogP contribution in [0, 0.1) is 6.92 Å². The second-order valence-electron chi connectivity index (χ2n) is 5.85. The third-order valence-electron chi connectivity index (χ3n) is 3.95. The van der Waals surface area contributed by atoms with E-state index >= 15 is 0 Å². The van der Waals surface area contributed by atoms with E-state index in [1.54, 1.807) is 13.1 Å². The number of carbonyl (C=O) groups is 1. The Hall–Kier alpha value is -3.67. The second kappa shape index (κ2) is 7.29. The summed E-state index contributed by atoms with van der Waals surface area (Å²) < 4.78 is 16.5. The van der Waals surface area contributed by atoms with E-state index in [9.17, 15) is 4.79 Å². The Morgan fingerprint density at radius 2 is 1.63 bits per heavy atom. The van der Waals surface area contributed by atoms with Crippen LogP contribution >= 0.6 is 0 Å². The van der Waals surface area contributed by atoms with Gasteiger partial charge in [0.25, 0.3) is 0 Å². The Kier molecular flexibility index (Phi) is 4.53. The van der Waals surface area contributed by atoms with E-state index in [2.05, 4.69) is 9.97 Å². The molecule has 0 aliphatic carbocycles. The molecule has 0 spiro atoms. The molecule has 0 fully saturated rings. The minimum absolute atomic E-state index is 0.0847. The Labute approximate surface area is 155 Å². The average molecular weight is 360 g/mol. The fourth-order valence-corrected chi connectivity index (χ4v) is 2.60. The highest BCUT2D eigenvalue weighted by atomic mass is 16.5. The number of benzene rings is 2. The fourth-order valence-electron chi connectivity index (χ4n) is 2.60. The summed E-state index contributed by atoms with van der Waals surface area (Å²) in [6.45, 7) is 1.59. The molecule has 134 valence electrons. The summed E-state index contributed by atoms with van der Waals surface area (Å²) in [4.78, 5) is 20.7. The van der Waals surface area contributed by atoms with E-state index in [-0.39, 0.29) is 12.3 Å². The van der Waals surface area contributed by atoms with Crippen molar-refractivity contribution < 1.29 is 18.4 Å². The van der Waals surface area contributed by atoms with Crippen LogP contribution in [0.4, 0.5) is 0 Å². The first-order valence-electron chi connectivity index (χ1n) is 8.41. The van der Waals surface area contributed by atoms with Crippen molar-refractivity contribution in [1.29, 1.82) is 0 Å². The number of rotatable bonds is 5. The fraction of sp³-hybridized carbons (Fsp3) is 0.0952. The average Bonchev–Trinajstić information content (AvgIpc) is 3.34. The lowest BCUT2D eigenvalue weighted by Crippen LogP contribution is -2.07. The lowest BCUT2D eigenvalue weighted by molar-refractivity contribution is 0.0431. The maximum absolute atomic E-state index is 12.3. The summed E-state index contributed by atoms with van der Waals surface area (Å²) in [5, 5.41) is 0. The van der Waals surface area contributed by atoms with E-state index in [0.717, 1.165) is 11.1 Å². The predicted octanol–water partition coefficient (Wildman–Crippen LogP) is 4.66. The molecule has 0 aliphatic heterocycles. The maximum atomic E-state index is 12.3. The van der Waals surface area contributed by atoms with Gasteiger partial charge in [0.2, 0.25) is 11.8 Å². The normalized spacial score (nSPS) is 10.7. The van der Waals surface area contributed by atoms with Crippen LogP contribution in [0.15, 0.2) is 75.7 Å². The van der Waals surface area contributed by atoms with Crippen molar-refractivity contribution in [2.75, 3.05) is 0 Å². The van der Waals surface area contributed by atoms with Crippen LogP contribution in [0.2, 0.25) is 0 Å². The molecule has 0 radical (unpaired) electrons. The number of carbonyl (C=O) groups excluding carboxylic acids is 1. The molecule has 0 saturated carbocycles. The van der Waals surface area contributed by atoms with Crippen LogP contribution in [0.25, 0.3) is 22.8 Å². The van der Waals surface area contributed by atoms with Gasteiger partial charge < -0.3 is 13.6 Å². The number of nitrogens with zero attached hydrogens (tertiary/aromatic N) is 2. The molecule has 0 aliphatic rings. The Balaban J connectivity index is 1.45. The molecular formula is C21H16N2O4. The van der Waals surface area contributed by atoms with Gasteiger partial charge in [0.05, 0.1) is 6.20 Å². The SMILES string of the molecule is Cc1oc(-c2ccccc2)nc1C(=O)OCc1ncc(-c2ccccc2)o1. The van der Waals surface area contributed by atoms with E-state index in [4.69, 9.17) is 13.6 Å². The van der Waals surface area contributed by atoms with Crippen LogP contribution < -0.4 is 0 Å². The first-order chi connectivity index (χ1) is 13.2. The van der Waals surface area contributed by atoms with Gasteiger partial charge in [0.15, 0.2) is 18.1 Å². The van der Waals surface area contributed by atoms with Crippen molar-refractivity contribution in [3.8, 4) is 22.8 Å². The van der Waals surface area contributed by atoms with Gasteiger partial charge in [-0.15, -0.1) is 0 Å². The van der Waals surface area contributed by atoms with Crippen molar-refractivity contribution in [3.63, 3.8) is 0 Å². The van der Waals surface area contributed by atoms with Crippen molar-refractivity contribution in [3.05, 3.63) is 84.2 Å². The van der Waals surface area contributed by atoms with Gasteiger partial charge in [0, 0.05) is 11.1 Å². The van der Waals surface area contributed by atoms with Crippen LogP contribution in [-0.4, -0.2) is 15.9 Å². The third-order valence-corrected chi connectivity index (χ3v) is 3.95. The smallest absolute Gasteiger partial charge is 0.361 e. The lowest BCUT2D eigenvalue weighted by atomic mass is 10.2. The summed E-state index contributed by atoms with van der Waals surface area (Å²) >= 11 is 0. The monoisotopic (exact) mass is 360 g/mol.